The van der Waals surface area contributed by atoms with Gasteiger partial charge in [-0.3, -0.25) is 0 Å². The van der Waals surface area contributed by atoms with Gasteiger partial charge in [0, 0.05) is 0 Å². The number of nitrogens with zero attached hydrogens (tertiary/aromatic N) is 3. The highest BCUT2D eigenvalue weighted by Crippen LogP contribution is 2.26. The monoisotopic (exact) mass is 231 g/mol. The minimum Gasteiger partial charge on any atom is -0.436 e. The zero-order valence-electron chi connectivity index (χ0n) is 8.89. The molecule has 0 saturated heterocycles. The summed E-state index contributed by atoms with van der Waals surface area (Å²) in [5.41, 5.74) is 1.27. The Morgan fingerprint density at radius 2 is 2.12 bits per heavy atom. The van der Waals surface area contributed by atoms with Gasteiger partial charge in [-0.15, -0.1) is 0 Å². The first-order chi connectivity index (χ1) is 7.69. The topological polar surface area (TPSA) is 62.7 Å². The number of pyridine rings is 1. The van der Waals surface area contributed by atoms with E-state index in [1.807, 2.05) is 26.0 Å². The van der Waals surface area contributed by atoms with Gasteiger partial charge in [0.05, 0.1) is 5.69 Å². The highest BCUT2D eigenvalue weighted by atomic mass is 32.2. The summed E-state index contributed by atoms with van der Waals surface area (Å²) in [6.07, 6.45) is 0. The number of hydrogen-bond donors (Lipinski definition) is 0. The molecule has 0 amide bonds. The van der Waals surface area contributed by atoms with Gasteiger partial charge in [0.1, 0.15) is 22.5 Å². The lowest BCUT2D eigenvalue weighted by Gasteiger charge is -1.95. The van der Waals surface area contributed by atoms with Crippen molar-refractivity contribution in [3.8, 4) is 6.07 Å². The van der Waals surface area contributed by atoms with Crippen LogP contribution in [0.4, 0.5) is 0 Å². The van der Waals surface area contributed by atoms with Crippen molar-refractivity contribution in [1.82, 2.24) is 9.97 Å². The van der Waals surface area contributed by atoms with Gasteiger partial charge in [-0.05, 0) is 37.7 Å². The van der Waals surface area contributed by atoms with Crippen LogP contribution in [0.3, 0.4) is 0 Å². The lowest BCUT2D eigenvalue weighted by atomic mass is 10.4. The van der Waals surface area contributed by atoms with Gasteiger partial charge in [-0.2, -0.15) is 5.26 Å². The molecule has 0 spiro atoms. The highest BCUT2D eigenvalue weighted by Gasteiger charge is 2.08. The Labute approximate surface area is 97.3 Å². The van der Waals surface area contributed by atoms with Gasteiger partial charge in [0.2, 0.25) is 0 Å². The van der Waals surface area contributed by atoms with Crippen molar-refractivity contribution in [1.29, 1.82) is 5.26 Å². The number of aromatic nitrogens is 2. The van der Waals surface area contributed by atoms with Crippen molar-refractivity contribution in [2.45, 2.75) is 24.1 Å². The molecule has 0 aliphatic rings. The molecule has 2 aromatic heterocycles. The molecular weight excluding hydrogens is 222 g/mol. The SMILES string of the molecule is Cc1nc(Sc2cccc(C#N)n2)oc1C. The fourth-order valence-corrected chi connectivity index (χ4v) is 1.93. The van der Waals surface area contributed by atoms with E-state index in [0.717, 1.165) is 11.5 Å². The van der Waals surface area contributed by atoms with Crippen LogP contribution in [0.1, 0.15) is 17.1 Å². The van der Waals surface area contributed by atoms with Crippen LogP contribution in [-0.2, 0) is 0 Å². The van der Waals surface area contributed by atoms with E-state index < -0.39 is 0 Å². The molecule has 0 aliphatic carbocycles. The van der Waals surface area contributed by atoms with Crippen LogP contribution in [0, 0.1) is 25.2 Å². The molecule has 0 bridgehead atoms. The molecule has 0 radical (unpaired) electrons. The van der Waals surface area contributed by atoms with Gasteiger partial charge in [0.25, 0.3) is 5.22 Å². The Morgan fingerprint density at radius 3 is 2.75 bits per heavy atom. The molecule has 0 aromatic carbocycles. The van der Waals surface area contributed by atoms with Gasteiger partial charge in [0.15, 0.2) is 0 Å². The van der Waals surface area contributed by atoms with Crippen molar-refractivity contribution in [3.05, 3.63) is 35.3 Å². The van der Waals surface area contributed by atoms with E-state index in [4.69, 9.17) is 9.68 Å². The van der Waals surface area contributed by atoms with Crippen LogP contribution in [0.15, 0.2) is 32.9 Å². The molecule has 0 unspecified atom stereocenters. The second kappa shape index (κ2) is 4.37. The summed E-state index contributed by atoms with van der Waals surface area (Å²) in [7, 11) is 0. The first-order valence-electron chi connectivity index (χ1n) is 4.68. The van der Waals surface area contributed by atoms with Crippen molar-refractivity contribution in [2.75, 3.05) is 0 Å². The number of rotatable bonds is 2. The van der Waals surface area contributed by atoms with Crippen LogP contribution in [0.5, 0.6) is 0 Å². The van der Waals surface area contributed by atoms with Crippen LogP contribution in [-0.4, -0.2) is 9.97 Å². The molecule has 16 heavy (non-hydrogen) atoms. The number of aryl methyl sites for hydroxylation is 2. The van der Waals surface area contributed by atoms with Gasteiger partial charge >= 0.3 is 0 Å². The predicted molar refractivity (Wildman–Crippen MR) is 59.1 cm³/mol. The summed E-state index contributed by atoms with van der Waals surface area (Å²) in [4.78, 5) is 8.36. The molecule has 0 atom stereocenters. The molecule has 2 heterocycles. The standard InChI is InChI=1S/C11H9N3OS/c1-7-8(2)15-11(13-7)16-10-5-3-4-9(6-12)14-10/h3-5H,1-2H3. The Bertz CT molecular complexity index is 537. The van der Waals surface area contributed by atoms with Crippen LogP contribution in [0.2, 0.25) is 0 Å². The number of nitriles is 1. The quantitative estimate of drug-likeness (QED) is 0.795. The van der Waals surface area contributed by atoms with E-state index >= 15 is 0 Å². The molecule has 0 aliphatic heterocycles. The molecule has 0 fully saturated rings. The molecule has 4 nitrogen and oxygen atoms in total. The third kappa shape index (κ3) is 2.23. The molecule has 0 N–H and O–H groups in total. The Morgan fingerprint density at radius 1 is 1.31 bits per heavy atom. The number of hydrogen-bond acceptors (Lipinski definition) is 5. The molecule has 2 aromatic rings. The highest BCUT2D eigenvalue weighted by molar-refractivity contribution is 7.99. The summed E-state index contributed by atoms with van der Waals surface area (Å²) in [6, 6.07) is 7.27. The summed E-state index contributed by atoms with van der Waals surface area (Å²) in [6.45, 7) is 3.76. The maximum absolute atomic E-state index is 8.72. The van der Waals surface area contributed by atoms with E-state index in [9.17, 15) is 0 Å². The fraction of sp³-hybridized carbons (Fsp3) is 0.182. The molecule has 2 rings (SSSR count). The molecular formula is C11H9N3OS. The summed E-state index contributed by atoms with van der Waals surface area (Å²) < 4.78 is 5.42. The second-order valence-corrected chi connectivity index (χ2v) is 4.17. The summed E-state index contributed by atoms with van der Waals surface area (Å²) >= 11 is 1.31. The Hall–Kier alpha value is -1.80. The molecule has 5 heteroatoms. The van der Waals surface area contributed by atoms with E-state index in [2.05, 4.69) is 9.97 Å². The average Bonchev–Trinajstić information content (AvgIpc) is 2.58. The summed E-state index contributed by atoms with van der Waals surface area (Å²) in [5, 5.41) is 9.98. The van der Waals surface area contributed by atoms with Gasteiger partial charge in [-0.1, -0.05) is 6.07 Å². The van der Waals surface area contributed by atoms with Crippen molar-refractivity contribution >= 4 is 11.8 Å². The Kier molecular flexibility index (Phi) is 2.93. The second-order valence-electron chi connectivity index (χ2n) is 3.20. The summed E-state index contributed by atoms with van der Waals surface area (Å²) in [5.74, 6) is 0.805. The fourth-order valence-electron chi connectivity index (χ4n) is 1.11. The van der Waals surface area contributed by atoms with E-state index in [0.29, 0.717) is 15.9 Å². The first-order valence-corrected chi connectivity index (χ1v) is 5.50. The maximum Gasteiger partial charge on any atom is 0.262 e. The minimum absolute atomic E-state index is 0.394. The normalized spacial score (nSPS) is 10.1. The average molecular weight is 231 g/mol. The largest absolute Gasteiger partial charge is 0.436 e. The lowest BCUT2D eigenvalue weighted by Crippen LogP contribution is -1.84. The van der Waals surface area contributed by atoms with Gasteiger partial charge in [-0.25, -0.2) is 9.97 Å². The van der Waals surface area contributed by atoms with Crippen LogP contribution >= 0.6 is 11.8 Å². The smallest absolute Gasteiger partial charge is 0.262 e. The minimum atomic E-state index is 0.394. The Balaban J connectivity index is 2.24. The zero-order valence-corrected chi connectivity index (χ0v) is 9.71. The molecule has 80 valence electrons. The van der Waals surface area contributed by atoms with Crippen molar-refractivity contribution in [3.63, 3.8) is 0 Å². The zero-order chi connectivity index (χ0) is 11.5. The lowest BCUT2D eigenvalue weighted by molar-refractivity contribution is 0.431. The van der Waals surface area contributed by atoms with E-state index in [1.54, 1.807) is 12.1 Å². The van der Waals surface area contributed by atoms with Crippen LogP contribution < -0.4 is 0 Å². The van der Waals surface area contributed by atoms with Crippen LogP contribution in [0.25, 0.3) is 0 Å². The van der Waals surface area contributed by atoms with E-state index in [1.165, 1.54) is 11.8 Å². The van der Waals surface area contributed by atoms with Crippen molar-refractivity contribution < 1.29 is 4.42 Å². The maximum atomic E-state index is 8.72. The molecule has 0 saturated carbocycles. The van der Waals surface area contributed by atoms with Crippen molar-refractivity contribution in [2.24, 2.45) is 0 Å². The third-order valence-electron chi connectivity index (χ3n) is 2.04. The van der Waals surface area contributed by atoms with Gasteiger partial charge < -0.3 is 4.42 Å². The van der Waals surface area contributed by atoms with E-state index in [-0.39, 0.29) is 0 Å². The predicted octanol–water partition coefficient (Wildman–Crippen LogP) is 2.71. The third-order valence-corrected chi connectivity index (χ3v) is 2.82. The number of oxazole rings is 1. The first kappa shape index (κ1) is 10.7.